The molecule has 0 saturated heterocycles. The molecule has 1 aromatic heterocycles. The van der Waals surface area contributed by atoms with E-state index in [1.165, 1.54) is 37.7 Å². The van der Waals surface area contributed by atoms with Crippen molar-refractivity contribution in [3.8, 4) is 17.1 Å². The fourth-order valence-electron chi connectivity index (χ4n) is 3.10. The van der Waals surface area contributed by atoms with Crippen LogP contribution in [0.15, 0.2) is 35.5 Å². The van der Waals surface area contributed by atoms with E-state index in [9.17, 15) is 22.9 Å². The molecule has 0 aliphatic carbocycles. The van der Waals surface area contributed by atoms with Crippen LogP contribution in [0.2, 0.25) is 5.02 Å². The van der Waals surface area contributed by atoms with Gasteiger partial charge in [0.05, 0.1) is 21.8 Å². The van der Waals surface area contributed by atoms with Crippen LogP contribution in [-0.2, 0) is 12.6 Å². The summed E-state index contributed by atoms with van der Waals surface area (Å²) in [6.45, 7) is 2.41. The highest BCUT2D eigenvalue weighted by atomic mass is 35.5. The maximum absolute atomic E-state index is 15.1. The summed E-state index contributed by atoms with van der Waals surface area (Å²) in [6.07, 6.45) is 0. The van der Waals surface area contributed by atoms with Crippen LogP contribution in [0.3, 0.4) is 0 Å². The molecule has 3 aromatic rings. The number of nitroso groups, excluding NO2 is 1. The van der Waals surface area contributed by atoms with Gasteiger partial charge in [-0.05, 0) is 38.1 Å². The predicted molar refractivity (Wildman–Crippen MR) is 121 cm³/mol. The van der Waals surface area contributed by atoms with E-state index in [-0.39, 0.29) is 27.9 Å². The molecular formula is C22H20ClF4N5O3. The van der Waals surface area contributed by atoms with Crippen LogP contribution in [-0.4, -0.2) is 33.2 Å². The molecule has 0 radical (unpaired) electrons. The van der Waals surface area contributed by atoms with Gasteiger partial charge in [-0.15, -0.1) is 4.91 Å². The maximum atomic E-state index is 15.1. The van der Waals surface area contributed by atoms with Crippen molar-refractivity contribution in [2.24, 2.45) is 12.2 Å². The van der Waals surface area contributed by atoms with Crippen LogP contribution in [0.25, 0.3) is 11.4 Å². The molecule has 0 bridgehead atoms. The molecule has 1 N–H and O–H groups in total. The minimum Gasteiger partial charge on any atom is -0.486 e. The van der Waals surface area contributed by atoms with Gasteiger partial charge in [0.1, 0.15) is 17.4 Å². The first-order valence-electron chi connectivity index (χ1n) is 10.1. The molecule has 186 valence electrons. The van der Waals surface area contributed by atoms with Gasteiger partial charge in [0.2, 0.25) is 0 Å². The summed E-state index contributed by atoms with van der Waals surface area (Å²) in [5.41, 5.74) is -2.46. The van der Waals surface area contributed by atoms with E-state index < -0.39 is 46.9 Å². The lowest BCUT2D eigenvalue weighted by Gasteiger charge is -2.16. The van der Waals surface area contributed by atoms with Crippen LogP contribution in [0.4, 0.5) is 23.2 Å². The van der Waals surface area contributed by atoms with Crippen LogP contribution >= 0.6 is 11.6 Å². The number of nitrogens with zero attached hydrogens (tertiary/aromatic N) is 4. The molecule has 1 heterocycles. The molecule has 0 unspecified atom stereocenters. The Morgan fingerprint density at radius 2 is 1.89 bits per heavy atom. The van der Waals surface area contributed by atoms with E-state index in [1.807, 2.05) is 0 Å². The minimum absolute atomic E-state index is 0.112. The highest BCUT2D eigenvalue weighted by Crippen LogP contribution is 2.33. The summed E-state index contributed by atoms with van der Waals surface area (Å²) in [5, 5.41) is 9.11. The van der Waals surface area contributed by atoms with Crippen molar-refractivity contribution in [1.82, 2.24) is 14.8 Å². The van der Waals surface area contributed by atoms with Gasteiger partial charge in [0.15, 0.2) is 23.8 Å². The number of alkyl halides is 2. The van der Waals surface area contributed by atoms with Crippen molar-refractivity contribution in [2.75, 3.05) is 11.9 Å². The average Bonchev–Trinajstić information content (AvgIpc) is 3.16. The Labute approximate surface area is 202 Å². The van der Waals surface area contributed by atoms with Crippen LogP contribution < -0.4 is 10.1 Å². The first-order valence-corrected chi connectivity index (χ1v) is 10.5. The number of halogens is 5. The quantitative estimate of drug-likeness (QED) is 0.308. The third-order valence-electron chi connectivity index (χ3n) is 4.78. The second kappa shape index (κ2) is 9.61. The fourth-order valence-corrected chi connectivity index (χ4v) is 3.31. The summed E-state index contributed by atoms with van der Waals surface area (Å²) in [7, 11) is 1.46. The smallest absolute Gasteiger partial charge is 0.278 e. The number of ether oxygens (including phenoxy) is 1. The molecule has 0 aliphatic rings. The fraction of sp³-hybridized carbons (Fsp3) is 0.318. The van der Waals surface area contributed by atoms with Crippen molar-refractivity contribution >= 4 is 23.2 Å². The number of para-hydroxylation sites is 1. The molecule has 13 heteroatoms. The third kappa shape index (κ3) is 5.76. The molecule has 0 fully saturated rings. The average molecular weight is 514 g/mol. The lowest BCUT2D eigenvalue weighted by atomic mass is 10.1. The first kappa shape index (κ1) is 26.1. The number of hydrogen-bond acceptors (Lipinski definition) is 6. The number of aryl methyl sites for hydroxylation is 1. The molecule has 35 heavy (non-hydrogen) atoms. The largest absolute Gasteiger partial charge is 0.486 e. The van der Waals surface area contributed by atoms with Gasteiger partial charge < -0.3 is 10.1 Å². The highest BCUT2D eigenvalue weighted by molar-refractivity contribution is 6.34. The Balaban J connectivity index is 2.09. The second-order valence-corrected chi connectivity index (χ2v) is 8.68. The Morgan fingerprint density at radius 1 is 1.20 bits per heavy atom. The Kier molecular flexibility index (Phi) is 7.16. The number of amides is 1. The molecule has 2 aromatic carbocycles. The van der Waals surface area contributed by atoms with Crippen molar-refractivity contribution in [3.63, 3.8) is 0 Å². The van der Waals surface area contributed by atoms with Crippen molar-refractivity contribution in [2.45, 2.75) is 32.2 Å². The summed E-state index contributed by atoms with van der Waals surface area (Å²) < 4.78 is 62.5. The minimum atomic E-state index is -3.28. The Bertz CT molecular complexity index is 1270. The van der Waals surface area contributed by atoms with Crippen molar-refractivity contribution in [3.05, 3.63) is 63.3 Å². The van der Waals surface area contributed by atoms with Crippen molar-refractivity contribution in [1.29, 1.82) is 0 Å². The maximum Gasteiger partial charge on any atom is 0.278 e. The molecule has 8 nitrogen and oxygen atoms in total. The number of nitrogens with one attached hydrogen (secondary N) is 1. The Morgan fingerprint density at radius 3 is 2.49 bits per heavy atom. The molecule has 1 amide bonds. The SMILES string of the molecule is Cn1nc(-c2cc(OCC(C)(F)F)c(C(=O)Nc3c(F)cccc3Cl)cc2F)nc1C(C)(C)N=O. The number of benzene rings is 2. The highest BCUT2D eigenvalue weighted by Gasteiger charge is 2.30. The lowest BCUT2D eigenvalue weighted by Crippen LogP contribution is -2.23. The van der Waals surface area contributed by atoms with Crippen LogP contribution in [0, 0.1) is 16.5 Å². The van der Waals surface area contributed by atoms with Crippen molar-refractivity contribution < 1.29 is 27.1 Å². The number of anilines is 1. The zero-order valence-corrected chi connectivity index (χ0v) is 19.8. The number of carbonyl (C=O) groups is 1. The van der Waals surface area contributed by atoms with Gasteiger partial charge in [-0.1, -0.05) is 22.8 Å². The predicted octanol–water partition coefficient (Wildman–Crippen LogP) is 5.70. The molecule has 0 atom stereocenters. The second-order valence-electron chi connectivity index (χ2n) is 8.27. The van der Waals surface area contributed by atoms with Gasteiger partial charge in [-0.2, -0.15) is 5.10 Å². The normalized spacial score (nSPS) is 11.9. The number of rotatable bonds is 8. The summed E-state index contributed by atoms with van der Waals surface area (Å²) in [6, 6.07) is 5.37. The van der Waals surface area contributed by atoms with Gasteiger partial charge in [0, 0.05) is 14.0 Å². The molecule has 3 rings (SSSR count). The standard InChI is InChI=1S/C22H20ClF4N5O3/c1-21(2,31-34)20-29-18(30-32(20)4)11-9-16(35-10-22(3,26)27)12(8-15(11)25)19(33)28-17-13(23)6-5-7-14(17)24/h5-9H,10H2,1-4H3,(H,28,33). The van der Waals surface area contributed by atoms with Crippen LogP contribution in [0.1, 0.15) is 37.0 Å². The molecule has 0 saturated carbocycles. The van der Waals surface area contributed by atoms with E-state index in [1.54, 1.807) is 0 Å². The first-order chi connectivity index (χ1) is 16.2. The van der Waals surface area contributed by atoms with E-state index in [0.717, 1.165) is 18.2 Å². The van der Waals surface area contributed by atoms with Gasteiger partial charge in [-0.3, -0.25) is 9.48 Å². The zero-order valence-electron chi connectivity index (χ0n) is 19.0. The van der Waals surface area contributed by atoms with Gasteiger partial charge in [0.25, 0.3) is 11.8 Å². The molecule has 0 aliphatic heterocycles. The molecule has 0 spiro atoms. The number of carbonyl (C=O) groups excluding carboxylic acids is 1. The zero-order chi connectivity index (χ0) is 26.1. The van der Waals surface area contributed by atoms with E-state index >= 15 is 4.39 Å². The number of hydrogen-bond donors (Lipinski definition) is 1. The van der Waals surface area contributed by atoms with E-state index in [4.69, 9.17) is 16.3 Å². The van der Waals surface area contributed by atoms with E-state index in [0.29, 0.717) is 6.92 Å². The monoisotopic (exact) mass is 513 g/mol. The number of aromatic nitrogens is 3. The molecular weight excluding hydrogens is 494 g/mol. The summed E-state index contributed by atoms with van der Waals surface area (Å²) in [5.74, 6) is -6.73. The lowest BCUT2D eigenvalue weighted by molar-refractivity contribution is -0.0231. The van der Waals surface area contributed by atoms with Gasteiger partial charge in [-0.25, -0.2) is 22.5 Å². The third-order valence-corrected chi connectivity index (χ3v) is 5.09. The Hall–Kier alpha value is -3.54. The summed E-state index contributed by atoms with van der Waals surface area (Å²) in [4.78, 5) is 28.2. The van der Waals surface area contributed by atoms with Gasteiger partial charge >= 0.3 is 0 Å². The van der Waals surface area contributed by atoms with E-state index in [2.05, 4.69) is 20.6 Å². The van der Waals surface area contributed by atoms with Crippen LogP contribution in [0.5, 0.6) is 5.75 Å². The topological polar surface area (TPSA) is 98.5 Å². The summed E-state index contributed by atoms with van der Waals surface area (Å²) >= 11 is 5.92.